The number of nitrogens with one attached hydrogen (secondary N) is 1. The molecule has 0 saturated carbocycles. The summed E-state index contributed by atoms with van der Waals surface area (Å²) in [4.78, 5) is 23.9. The van der Waals surface area contributed by atoms with Crippen molar-refractivity contribution in [2.75, 3.05) is 51.8 Å². The van der Waals surface area contributed by atoms with Crippen LogP contribution in [0.15, 0.2) is 41.3 Å². The van der Waals surface area contributed by atoms with Gasteiger partial charge in [0.05, 0.1) is 12.0 Å². The van der Waals surface area contributed by atoms with E-state index in [2.05, 4.69) is 22.3 Å². The summed E-state index contributed by atoms with van der Waals surface area (Å²) in [6, 6.07) is 11.8. The molecule has 0 amide bonds. The predicted molar refractivity (Wildman–Crippen MR) is 144 cm³/mol. The van der Waals surface area contributed by atoms with Crippen LogP contribution in [-0.2, 0) is 26.0 Å². The molecule has 2 aromatic rings. The molecule has 0 unspecified atom stereocenters. The average molecular weight is 572 g/mol. The smallest absolute Gasteiger partial charge is 0.446 e. The van der Waals surface area contributed by atoms with E-state index in [9.17, 15) is 26.4 Å². The molecule has 1 fully saturated rings. The first-order valence-electron chi connectivity index (χ1n) is 12.5. The third kappa shape index (κ3) is 9.94. The van der Waals surface area contributed by atoms with Crippen molar-refractivity contribution < 1.29 is 35.9 Å². The number of anilines is 1. The van der Waals surface area contributed by atoms with E-state index in [4.69, 9.17) is 9.53 Å². The van der Waals surface area contributed by atoms with Gasteiger partial charge in [0.1, 0.15) is 11.5 Å². The Balaban J connectivity index is 0.000000798. The first kappa shape index (κ1) is 32.3. The molecule has 2 aromatic carbocycles. The molecule has 1 heterocycles. The summed E-state index contributed by atoms with van der Waals surface area (Å²) in [5.41, 5.74) is 3.59. The van der Waals surface area contributed by atoms with Gasteiger partial charge in [-0.25, -0.2) is 12.7 Å². The Morgan fingerprint density at radius 3 is 2.23 bits per heavy atom. The number of aryl methyl sites for hydroxylation is 3. The number of piperazine rings is 1. The zero-order valence-corrected chi connectivity index (χ0v) is 23.5. The van der Waals surface area contributed by atoms with E-state index < -0.39 is 22.5 Å². The lowest BCUT2D eigenvalue weighted by molar-refractivity contribution is -0.156. The second-order valence-corrected chi connectivity index (χ2v) is 11.3. The van der Waals surface area contributed by atoms with Gasteiger partial charge in [-0.05, 0) is 61.2 Å². The van der Waals surface area contributed by atoms with Crippen molar-refractivity contribution in [3.8, 4) is 5.75 Å². The van der Waals surface area contributed by atoms with Crippen LogP contribution in [0.4, 0.5) is 18.9 Å². The van der Waals surface area contributed by atoms with Crippen LogP contribution in [0.5, 0.6) is 5.75 Å². The summed E-state index contributed by atoms with van der Waals surface area (Å²) in [6.07, 6.45) is -4.44. The minimum atomic E-state index is -4.64. The van der Waals surface area contributed by atoms with Gasteiger partial charge in [-0.1, -0.05) is 12.1 Å². The number of ether oxygens (including phenoxy) is 1. The summed E-state index contributed by atoms with van der Waals surface area (Å²) in [7, 11) is -0.604. The van der Waals surface area contributed by atoms with Gasteiger partial charge in [-0.2, -0.15) is 13.2 Å². The summed E-state index contributed by atoms with van der Waals surface area (Å²) in [6.45, 7) is 7.61. The number of sulfonamides is 1. The minimum Gasteiger partial charge on any atom is -0.497 e. The minimum absolute atomic E-state index is 0.0628. The van der Waals surface area contributed by atoms with Gasteiger partial charge in [0, 0.05) is 58.3 Å². The molecule has 3 rings (SSSR count). The average Bonchev–Trinajstić information content (AvgIpc) is 2.90. The van der Waals surface area contributed by atoms with Crippen molar-refractivity contribution in [3.63, 3.8) is 0 Å². The van der Waals surface area contributed by atoms with Crippen molar-refractivity contribution in [1.29, 1.82) is 0 Å². The Hall–Kier alpha value is -2.96. The highest BCUT2D eigenvalue weighted by atomic mass is 32.2. The fraction of sp³-hybridized carbons (Fsp3) is 0.481. The molecule has 0 aromatic heterocycles. The van der Waals surface area contributed by atoms with Crippen LogP contribution in [0.1, 0.15) is 29.5 Å². The number of rotatable bonds is 10. The maximum atomic E-state index is 13.1. The monoisotopic (exact) mass is 571 g/mol. The van der Waals surface area contributed by atoms with E-state index in [0.717, 1.165) is 31.7 Å². The Morgan fingerprint density at radius 1 is 1.10 bits per heavy atom. The van der Waals surface area contributed by atoms with Crippen LogP contribution in [-0.4, -0.2) is 77.8 Å². The molecule has 0 radical (unpaired) electrons. The second kappa shape index (κ2) is 14.4. The summed E-state index contributed by atoms with van der Waals surface area (Å²) in [5, 5.41) is 3.36. The molecule has 0 spiro atoms. The van der Waals surface area contributed by atoms with Crippen molar-refractivity contribution in [2.24, 2.45) is 0 Å². The second-order valence-electron chi connectivity index (χ2n) is 9.27. The van der Waals surface area contributed by atoms with Gasteiger partial charge in [0.25, 0.3) is 0 Å². The maximum absolute atomic E-state index is 13.1. The maximum Gasteiger partial charge on any atom is 0.446 e. The number of halogens is 3. The van der Waals surface area contributed by atoms with Gasteiger partial charge < -0.3 is 15.0 Å². The van der Waals surface area contributed by atoms with Crippen LogP contribution >= 0.6 is 0 Å². The van der Waals surface area contributed by atoms with Crippen molar-refractivity contribution >= 4 is 27.8 Å². The van der Waals surface area contributed by atoms with Gasteiger partial charge in [-0.15, -0.1) is 0 Å². The van der Waals surface area contributed by atoms with Crippen LogP contribution in [0.25, 0.3) is 0 Å². The quantitative estimate of drug-likeness (QED) is 0.435. The molecule has 0 bridgehead atoms. The van der Waals surface area contributed by atoms with E-state index in [1.807, 2.05) is 12.1 Å². The number of Topliss-reactive ketones (excluding diaryl/α,β-unsaturated/α-hetero) is 1. The number of carbonyl (C=O) groups is 2. The molecule has 1 N–H and O–H groups in total. The number of nitrogens with zero attached hydrogens (tertiary/aromatic N) is 2. The molecule has 39 heavy (non-hydrogen) atoms. The topological polar surface area (TPSA) is 96.0 Å². The van der Waals surface area contributed by atoms with Gasteiger partial charge >= 0.3 is 6.18 Å². The predicted octanol–water partition coefficient (Wildman–Crippen LogP) is 3.68. The molecular formula is C27H36F3N3O5S. The standard InChI is InChI=1S/C25H35N3O4S.C2HF3O/c1-19-16-24(32-4)17-20(2)25(19)33(30,31)27(3)13-10-23(29)9-8-21-6-5-7-22(18-21)28-14-11-26-12-15-28;3-2(4,5)1-6/h5-7,16-18,26H,8-15H2,1-4H3;1H. The van der Waals surface area contributed by atoms with E-state index in [1.165, 1.54) is 17.0 Å². The lowest BCUT2D eigenvalue weighted by Crippen LogP contribution is -2.43. The van der Waals surface area contributed by atoms with Gasteiger partial charge in [-0.3, -0.25) is 9.59 Å². The molecule has 12 heteroatoms. The van der Waals surface area contributed by atoms with Gasteiger partial charge in [0.2, 0.25) is 16.3 Å². The molecule has 1 aliphatic heterocycles. The summed E-state index contributed by atoms with van der Waals surface area (Å²) in [5.74, 6) is 0.690. The normalized spacial score (nSPS) is 14.0. The molecule has 1 saturated heterocycles. The number of aldehydes is 1. The fourth-order valence-corrected chi connectivity index (χ4v) is 5.81. The molecule has 216 valence electrons. The number of hydrogen-bond acceptors (Lipinski definition) is 7. The van der Waals surface area contributed by atoms with Crippen molar-refractivity contribution in [2.45, 2.75) is 44.2 Å². The number of alkyl halides is 3. The number of carbonyl (C=O) groups excluding carboxylic acids is 2. The number of hydrogen-bond donors (Lipinski definition) is 1. The Bertz CT molecular complexity index is 1210. The fourth-order valence-electron chi connectivity index (χ4n) is 4.23. The lowest BCUT2D eigenvalue weighted by Gasteiger charge is -2.29. The summed E-state index contributed by atoms with van der Waals surface area (Å²) >= 11 is 0. The van der Waals surface area contributed by atoms with Gasteiger partial charge in [0.15, 0.2) is 0 Å². The molecular weight excluding hydrogens is 535 g/mol. The molecule has 8 nitrogen and oxygen atoms in total. The molecule has 0 aliphatic carbocycles. The van der Waals surface area contributed by atoms with Crippen LogP contribution in [0.3, 0.4) is 0 Å². The zero-order chi connectivity index (χ0) is 29.2. The Kier molecular flexibility index (Phi) is 11.9. The Morgan fingerprint density at radius 2 is 1.69 bits per heavy atom. The lowest BCUT2D eigenvalue weighted by atomic mass is 10.0. The largest absolute Gasteiger partial charge is 0.497 e. The van der Waals surface area contributed by atoms with Crippen LogP contribution in [0, 0.1) is 13.8 Å². The number of ketones is 1. The molecule has 1 aliphatic rings. The zero-order valence-electron chi connectivity index (χ0n) is 22.7. The van der Waals surface area contributed by atoms with Crippen LogP contribution < -0.4 is 15.0 Å². The number of benzene rings is 2. The third-order valence-electron chi connectivity index (χ3n) is 6.26. The first-order valence-corrected chi connectivity index (χ1v) is 13.9. The number of methoxy groups -OCH3 is 1. The van der Waals surface area contributed by atoms with Crippen LogP contribution in [0.2, 0.25) is 0 Å². The van der Waals surface area contributed by atoms with E-state index in [1.54, 1.807) is 33.1 Å². The van der Waals surface area contributed by atoms with Crippen molar-refractivity contribution in [1.82, 2.24) is 9.62 Å². The SMILES string of the molecule is COc1cc(C)c(S(=O)(=O)N(C)CCC(=O)CCc2cccc(N3CCNCC3)c2)c(C)c1.O=CC(F)(F)F. The van der Waals surface area contributed by atoms with E-state index >= 15 is 0 Å². The highest BCUT2D eigenvalue weighted by Crippen LogP contribution is 2.28. The highest BCUT2D eigenvalue weighted by molar-refractivity contribution is 7.89. The summed E-state index contributed by atoms with van der Waals surface area (Å²) < 4.78 is 64.0. The molecule has 0 atom stereocenters. The van der Waals surface area contributed by atoms with Crippen molar-refractivity contribution in [3.05, 3.63) is 53.1 Å². The van der Waals surface area contributed by atoms with E-state index in [0.29, 0.717) is 29.7 Å². The first-order chi connectivity index (χ1) is 18.3. The highest BCUT2D eigenvalue weighted by Gasteiger charge is 2.26. The van der Waals surface area contributed by atoms with E-state index in [-0.39, 0.29) is 23.6 Å². The third-order valence-corrected chi connectivity index (χ3v) is 8.43. The Labute approximate surface area is 228 Å².